The molecule has 1 fully saturated rings. The molecule has 1 unspecified atom stereocenters. The molecule has 4 nitrogen and oxygen atoms in total. The minimum Gasteiger partial charge on any atom is -0.508 e. The summed E-state index contributed by atoms with van der Waals surface area (Å²) in [7, 11) is 0. The summed E-state index contributed by atoms with van der Waals surface area (Å²) in [6.45, 7) is 4.11. The molecule has 4 heteroatoms. The van der Waals surface area contributed by atoms with Crippen molar-refractivity contribution >= 4 is 5.91 Å². The molecule has 1 aliphatic rings. The largest absolute Gasteiger partial charge is 0.508 e. The lowest BCUT2D eigenvalue weighted by Gasteiger charge is -2.22. The van der Waals surface area contributed by atoms with Gasteiger partial charge in [0.1, 0.15) is 5.75 Å². The molecular weight excluding hydrogens is 216 g/mol. The number of nitrogens with zero attached hydrogens (tertiary/aromatic N) is 1. The first-order valence-corrected chi connectivity index (χ1v) is 5.97. The summed E-state index contributed by atoms with van der Waals surface area (Å²) in [6, 6.07) is 6.95. The van der Waals surface area contributed by atoms with Crippen molar-refractivity contribution in [1.29, 1.82) is 0 Å². The Morgan fingerprint density at radius 3 is 3.12 bits per heavy atom. The van der Waals surface area contributed by atoms with Gasteiger partial charge in [0.2, 0.25) is 5.91 Å². The Morgan fingerprint density at radius 2 is 2.35 bits per heavy atom. The van der Waals surface area contributed by atoms with E-state index in [4.69, 9.17) is 0 Å². The molecule has 1 amide bonds. The van der Waals surface area contributed by atoms with Crippen LogP contribution in [-0.2, 0) is 11.3 Å². The summed E-state index contributed by atoms with van der Waals surface area (Å²) in [5, 5.41) is 12.6. The number of amides is 1. The molecule has 2 rings (SSSR count). The SMILES string of the molecule is CC1NCCCN(Cc2cccc(O)c2)C1=O. The first-order chi connectivity index (χ1) is 8.16. The summed E-state index contributed by atoms with van der Waals surface area (Å²) < 4.78 is 0. The molecule has 0 radical (unpaired) electrons. The zero-order valence-corrected chi connectivity index (χ0v) is 10.0. The Balaban J connectivity index is 2.08. The highest BCUT2D eigenvalue weighted by molar-refractivity contribution is 5.81. The number of phenols is 1. The van der Waals surface area contributed by atoms with E-state index in [1.165, 1.54) is 0 Å². The van der Waals surface area contributed by atoms with Crippen LogP contribution in [0, 0.1) is 0 Å². The van der Waals surface area contributed by atoms with Crippen molar-refractivity contribution in [2.45, 2.75) is 25.9 Å². The third-order valence-corrected chi connectivity index (χ3v) is 3.02. The van der Waals surface area contributed by atoms with E-state index >= 15 is 0 Å². The average molecular weight is 234 g/mol. The van der Waals surface area contributed by atoms with Crippen LogP contribution < -0.4 is 5.32 Å². The summed E-state index contributed by atoms with van der Waals surface area (Å²) in [6.07, 6.45) is 0.967. The zero-order valence-electron chi connectivity index (χ0n) is 10.0. The highest BCUT2D eigenvalue weighted by atomic mass is 16.3. The highest BCUT2D eigenvalue weighted by Crippen LogP contribution is 2.14. The molecule has 0 spiro atoms. The second-order valence-corrected chi connectivity index (χ2v) is 4.46. The molecule has 0 bridgehead atoms. The number of nitrogens with one attached hydrogen (secondary N) is 1. The normalized spacial score (nSPS) is 21.4. The summed E-state index contributed by atoms with van der Waals surface area (Å²) >= 11 is 0. The maximum absolute atomic E-state index is 12.0. The lowest BCUT2D eigenvalue weighted by Crippen LogP contribution is -2.41. The molecule has 1 atom stereocenters. The fourth-order valence-electron chi connectivity index (χ4n) is 2.09. The van der Waals surface area contributed by atoms with Gasteiger partial charge in [-0.2, -0.15) is 0 Å². The van der Waals surface area contributed by atoms with Gasteiger partial charge in [-0.1, -0.05) is 12.1 Å². The Morgan fingerprint density at radius 1 is 1.53 bits per heavy atom. The van der Waals surface area contributed by atoms with E-state index < -0.39 is 0 Å². The summed E-state index contributed by atoms with van der Waals surface area (Å²) in [5.41, 5.74) is 0.965. The van der Waals surface area contributed by atoms with E-state index in [2.05, 4.69) is 5.32 Å². The van der Waals surface area contributed by atoms with Gasteiger partial charge in [-0.25, -0.2) is 0 Å². The molecule has 1 aromatic carbocycles. The Labute approximate surface area is 101 Å². The fourth-order valence-corrected chi connectivity index (χ4v) is 2.09. The van der Waals surface area contributed by atoms with Crippen LogP contribution in [0.1, 0.15) is 18.9 Å². The topological polar surface area (TPSA) is 52.6 Å². The maximum atomic E-state index is 12.0. The van der Waals surface area contributed by atoms with Crippen molar-refractivity contribution in [1.82, 2.24) is 10.2 Å². The van der Waals surface area contributed by atoms with Gasteiger partial charge in [0.05, 0.1) is 6.04 Å². The van der Waals surface area contributed by atoms with Crippen molar-refractivity contribution in [3.63, 3.8) is 0 Å². The van der Waals surface area contributed by atoms with Crippen LogP contribution in [0.4, 0.5) is 0 Å². The van der Waals surface area contributed by atoms with Crippen molar-refractivity contribution in [2.75, 3.05) is 13.1 Å². The second-order valence-electron chi connectivity index (χ2n) is 4.46. The molecule has 0 saturated carbocycles. The number of hydrogen-bond donors (Lipinski definition) is 2. The van der Waals surface area contributed by atoms with Crippen LogP contribution in [0.2, 0.25) is 0 Å². The van der Waals surface area contributed by atoms with E-state index in [0.717, 1.165) is 25.1 Å². The van der Waals surface area contributed by atoms with Crippen molar-refractivity contribution in [3.05, 3.63) is 29.8 Å². The quantitative estimate of drug-likeness (QED) is 0.805. The zero-order chi connectivity index (χ0) is 12.3. The molecule has 1 heterocycles. The Hall–Kier alpha value is -1.55. The van der Waals surface area contributed by atoms with E-state index in [-0.39, 0.29) is 17.7 Å². The van der Waals surface area contributed by atoms with Gasteiger partial charge in [-0.15, -0.1) is 0 Å². The average Bonchev–Trinajstić information content (AvgIpc) is 2.45. The number of rotatable bonds is 2. The number of phenolic OH excluding ortho intramolecular Hbond substituents is 1. The Bertz CT molecular complexity index is 406. The van der Waals surface area contributed by atoms with Crippen LogP contribution in [0.3, 0.4) is 0 Å². The van der Waals surface area contributed by atoms with E-state index in [1.807, 2.05) is 17.9 Å². The van der Waals surface area contributed by atoms with Gasteiger partial charge in [0, 0.05) is 13.1 Å². The second kappa shape index (κ2) is 5.19. The van der Waals surface area contributed by atoms with E-state index in [0.29, 0.717) is 6.54 Å². The standard InChI is InChI=1S/C13H18N2O2/c1-10-13(17)15(7-3-6-14-10)9-11-4-2-5-12(16)8-11/h2,4-5,8,10,14,16H,3,6-7,9H2,1H3. The molecule has 2 N–H and O–H groups in total. The molecule has 17 heavy (non-hydrogen) atoms. The predicted molar refractivity (Wildman–Crippen MR) is 65.6 cm³/mol. The van der Waals surface area contributed by atoms with Crippen LogP contribution in [0.5, 0.6) is 5.75 Å². The van der Waals surface area contributed by atoms with Crippen LogP contribution in [0.25, 0.3) is 0 Å². The molecule has 1 saturated heterocycles. The molecule has 92 valence electrons. The van der Waals surface area contributed by atoms with Gasteiger partial charge in [-0.3, -0.25) is 4.79 Å². The molecular formula is C13H18N2O2. The first-order valence-electron chi connectivity index (χ1n) is 5.97. The number of benzene rings is 1. The first kappa shape index (κ1) is 11.9. The molecule has 1 aromatic rings. The van der Waals surface area contributed by atoms with Crippen LogP contribution >= 0.6 is 0 Å². The number of hydrogen-bond acceptors (Lipinski definition) is 3. The minimum absolute atomic E-state index is 0.116. The molecule has 1 aliphatic heterocycles. The van der Waals surface area contributed by atoms with Gasteiger partial charge in [-0.05, 0) is 37.6 Å². The van der Waals surface area contributed by atoms with E-state index in [1.54, 1.807) is 18.2 Å². The number of carbonyl (C=O) groups excluding carboxylic acids is 1. The van der Waals surface area contributed by atoms with E-state index in [9.17, 15) is 9.90 Å². The monoisotopic (exact) mass is 234 g/mol. The summed E-state index contributed by atoms with van der Waals surface area (Å²) in [4.78, 5) is 13.9. The van der Waals surface area contributed by atoms with Gasteiger partial charge in [0.15, 0.2) is 0 Å². The van der Waals surface area contributed by atoms with Crippen molar-refractivity contribution in [2.24, 2.45) is 0 Å². The van der Waals surface area contributed by atoms with Gasteiger partial charge in [0.25, 0.3) is 0 Å². The van der Waals surface area contributed by atoms with Gasteiger partial charge >= 0.3 is 0 Å². The highest BCUT2D eigenvalue weighted by Gasteiger charge is 2.22. The molecule has 0 aliphatic carbocycles. The number of carbonyl (C=O) groups is 1. The van der Waals surface area contributed by atoms with Crippen molar-refractivity contribution in [3.8, 4) is 5.75 Å². The maximum Gasteiger partial charge on any atom is 0.239 e. The van der Waals surface area contributed by atoms with Crippen LogP contribution in [-0.4, -0.2) is 35.0 Å². The minimum atomic E-state index is -0.116. The third-order valence-electron chi connectivity index (χ3n) is 3.02. The fraction of sp³-hybridized carbons (Fsp3) is 0.462. The predicted octanol–water partition coefficient (Wildman–Crippen LogP) is 1.10. The summed E-state index contributed by atoms with van der Waals surface area (Å²) in [5.74, 6) is 0.377. The lowest BCUT2D eigenvalue weighted by molar-refractivity contribution is -0.132. The Kier molecular flexibility index (Phi) is 3.64. The third kappa shape index (κ3) is 2.97. The smallest absolute Gasteiger partial charge is 0.239 e. The number of aromatic hydroxyl groups is 1. The van der Waals surface area contributed by atoms with Crippen LogP contribution in [0.15, 0.2) is 24.3 Å². The molecule has 0 aromatic heterocycles. The lowest BCUT2D eigenvalue weighted by atomic mass is 10.2. The van der Waals surface area contributed by atoms with Gasteiger partial charge < -0.3 is 15.3 Å². The van der Waals surface area contributed by atoms with Crippen molar-refractivity contribution < 1.29 is 9.90 Å².